The molecular weight excluding hydrogens is 287 g/mol. The number of esters is 1. The molecule has 0 aliphatic rings. The lowest BCUT2D eigenvalue weighted by Gasteiger charge is -2.29. The average molecular weight is 310 g/mol. The molecule has 0 bridgehead atoms. The zero-order chi connectivity index (χ0) is 15.9. The molecule has 0 heterocycles. The van der Waals surface area contributed by atoms with E-state index in [0.29, 0.717) is 0 Å². The summed E-state index contributed by atoms with van der Waals surface area (Å²) in [6, 6.07) is -0.433. The highest BCUT2D eigenvalue weighted by Gasteiger charge is 2.41. The van der Waals surface area contributed by atoms with E-state index in [0.717, 1.165) is 6.92 Å². The van der Waals surface area contributed by atoms with Crippen molar-refractivity contribution in [2.75, 3.05) is 6.79 Å². The van der Waals surface area contributed by atoms with Crippen molar-refractivity contribution in [3.8, 4) is 0 Å². The average Bonchev–Trinajstić information content (AvgIpc) is 2.20. The summed E-state index contributed by atoms with van der Waals surface area (Å²) in [5, 5.41) is 14.6. The van der Waals surface area contributed by atoms with Crippen molar-refractivity contribution in [1.29, 1.82) is 0 Å². The van der Waals surface area contributed by atoms with Gasteiger partial charge in [0.1, 0.15) is 0 Å². The standard InChI is InChI=1S/C11H23N2O6P/c1-7(2)12-20(17,13-8(3)4)11(10(15)16)19-6-18-9(5)14/h7-8,11H,6H2,1-5H3,(H,15,16)(H2,12,13,17). The van der Waals surface area contributed by atoms with E-state index in [9.17, 15) is 19.3 Å². The summed E-state index contributed by atoms with van der Waals surface area (Å²) >= 11 is 0. The Kier molecular flexibility index (Phi) is 7.96. The van der Waals surface area contributed by atoms with Crippen molar-refractivity contribution in [3.63, 3.8) is 0 Å². The molecule has 0 fully saturated rings. The number of carbonyl (C=O) groups excluding carboxylic acids is 1. The van der Waals surface area contributed by atoms with Gasteiger partial charge >= 0.3 is 11.9 Å². The molecule has 0 saturated carbocycles. The van der Waals surface area contributed by atoms with Gasteiger partial charge in [0.05, 0.1) is 0 Å². The van der Waals surface area contributed by atoms with Gasteiger partial charge in [0.25, 0.3) is 7.44 Å². The summed E-state index contributed by atoms with van der Waals surface area (Å²) in [4.78, 5) is 21.9. The van der Waals surface area contributed by atoms with Crippen molar-refractivity contribution in [2.24, 2.45) is 0 Å². The number of carboxylic acid groups (broad SMARTS) is 1. The van der Waals surface area contributed by atoms with Crippen LogP contribution in [-0.4, -0.2) is 41.8 Å². The molecule has 0 aromatic heterocycles. The molecule has 3 N–H and O–H groups in total. The van der Waals surface area contributed by atoms with Crippen molar-refractivity contribution in [3.05, 3.63) is 0 Å². The molecule has 0 radical (unpaired) electrons. The van der Waals surface area contributed by atoms with Crippen LogP contribution in [0, 0.1) is 0 Å². The van der Waals surface area contributed by atoms with E-state index in [-0.39, 0.29) is 12.1 Å². The molecule has 1 unspecified atom stereocenters. The predicted molar refractivity (Wildman–Crippen MR) is 73.3 cm³/mol. The molecule has 118 valence electrons. The van der Waals surface area contributed by atoms with E-state index in [1.54, 1.807) is 27.7 Å². The number of aliphatic carboxylic acids is 1. The van der Waals surface area contributed by atoms with Gasteiger partial charge in [-0.25, -0.2) is 15.0 Å². The van der Waals surface area contributed by atoms with Crippen LogP contribution in [0.5, 0.6) is 0 Å². The molecule has 0 spiro atoms. The maximum atomic E-state index is 12.8. The molecule has 1 atom stereocenters. The molecule has 0 amide bonds. The molecule has 8 nitrogen and oxygen atoms in total. The first-order valence-corrected chi connectivity index (χ1v) is 7.99. The first kappa shape index (κ1) is 19.1. The van der Waals surface area contributed by atoms with E-state index in [1.807, 2.05) is 0 Å². The van der Waals surface area contributed by atoms with Crippen LogP contribution in [0.4, 0.5) is 0 Å². The lowest BCUT2D eigenvalue weighted by molar-refractivity contribution is -0.164. The van der Waals surface area contributed by atoms with Crippen LogP contribution < -0.4 is 10.2 Å². The highest BCUT2D eigenvalue weighted by molar-refractivity contribution is 7.61. The van der Waals surface area contributed by atoms with E-state index in [4.69, 9.17) is 4.74 Å². The number of nitrogens with one attached hydrogen (secondary N) is 2. The van der Waals surface area contributed by atoms with Crippen LogP contribution in [0.3, 0.4) is 0 Å². The summed E-state index contributed by atoms with van der Waals surface area (Å²) in [7, 11) is -3.57. The van der Waals surface area contributed by atoms with Crippen LogP contribution in [0.2, 0.25) is 0 Å². The molecule has 0 saturated heterocycles. The number of carboxylic acids is 1. The van der Waals surface area contributed by atoms with Gasteiger partial charge in [-0.05, 0) is 27.7 Å². The van der Waals surface area contributed by atoms with Gasteiger partial charge in [-0.1, -0.05) is 0 Å². The van der Waals surface area contributed by atoms with Crippen LogP contribution in [0.1, 0.15) is 34.6 Å². The SMILES string of the molecule is CC(=O)OCOC(C(=O)O)P(=O)(NC(C)C)NC(C)C. The van der Waals surface area contributed by atoms with E-state index in [1.165, 1.54) is 0 Å². The number of ether oxygens (including phenoxy) is 2. The van der Waals surface area contributed by atoms with E-state index >= 15 is 0 Å². The molecular formula is C11H23N2O6P. The van der Waals surface area contributed by atoms with Crippen LogP contribution in [0.15, 0.2) is 0 Å². The molecule has 0 aliphatic heterocycles. The maximum Gasteiger partial charge on any atom is 0.343 e. The van der Waals surface area contributed by atoms with Gasteiger partial charge in [0.2, 0.25) is 5.85 Å². The van der Waals surface area contributed by atoms with Gasteiger partial charge in [-0.3, -0.25) is 9.36 Å². The zero-order valence-electron chi connectivity index (χ0n) is 12.4. The number of carbonyl (C=O) groups is 2. The van der Waals surface area contributed by atoms with Crippen LogP contribution in [0.25, 0.3) is 0 Å². The van der Waals surface area contributed by atoms with Gasteiger partial charge in [-0.2, -0.15) is 0 Å². The van der Waals surface area contributed by atoms with Crippen LogP contribution >= 0.6 is 7.44 Å². The summed E-state index contributed by atoms with van der Waals surface area (Å²) in [6.07, 6.45) is 0. The Hall–Kier alpha value is -0.950. The van der Waals surface area contributed by atoms with Gasteiger partial charge in [0, 0.05) is 19.0 Å². The summed E-state index contributed by atoms with van der Waals surface area (Å²) in [6.45, 7) is 7.53. The summed E-state index contributed by atoms with van der Waals surface area (Å²) in [5.41, 5.74) is 0. The predicted octanol–water partition coefficient (Wildman–Crippen LogP) is 1.12. The second kappa shape index (κ2) is 8.36. The first-order chi connectivity index (χ1) is 9.08. The van der Waals surface area contributed by atoms with Gasteiger partial charge < -0.3 is 14.6 Å². The van der Waals surface area contributed by atoms with Gasteiger partial charge in [-0.15, -0.1) is 0 Å². The molecule has 0 aromatic rings. The first-order valence-electron chi connectivity index (χ1n) is 6.21. The third kappa shape index (κ3) is 7.00. The Morgan fingerprint density at radius 1 is 1.15 bits per heavy atom. The monoisotopic (exact) mass is 310 g/mol. The zero-order valence-corrected chi connectivity index (χ0v) is 13.3. The van der Waals surface area contributed by atoms with Crippen molar-refractivity contribution in [2.45, 2.75) is 52.5 Å². The highest BCUT2D eigenvalue weighted by atomic mass is 31.2. The lowest BCUT2D eigenvalue weighted by atomic mass is 10.4. The molecule has 9 heteroatoms. The largest absolute Gasteiger partial charge is 0.479 e. The highest BCUT2D eigenvalue weighted by Crippen LogP contribution is 2.44. The van der Waals surface area contributed by atoms with Crippen molar-refractivity contribution < 1.29 is 28.7 Å². The Morgan fingerprint density at radius 2 is 1.60 bits per heavy atom. The summed E-state index contributed by atoms with van der Waals surface area (Å²) < 4.78 is 22.3. The number of hydrogen-bond acceptors (Lipinski definition) is 5. The minimum absolute atomic E-state index is 0.216. The third-order valence-corrected chi connectivity index (χ3v) is 4.76. The minimum atomic E-state index is -3.57. The second-order valence-corrected chi connectivity index (χ2v) is 7.14. The fourth-order valence-electron chi connectivity index (χ4n) is 1.45. The van der Waals surface area contributed by atoms with Crippen molar-refractivity contribution >= 4 is 19.4 Å². The maximum absolute atomic E-state index is 12.8. The Labute approximate surface area is 118 Å². The lowest BCUT2D eigenvalue weighted by Crippen LogP contribution is -2.41. The van der Waals surface area contributed by atoms with Crippen molar-refractivity contribution in [1.82, 2.24) is 10.2 Å². The second-order valence-electron chi connectivity index (χ2n) is 4.84. The molecule has 20 heavy (non-hydrogen) atoms. The minimum Gasteiger partial charge on any atom is -0.479 e. The number of hydrogen-bond donors (Lipinski definition) is 3. The Balaban J connectivity index is 5.06. The number of rotatable bonds is 9. The van der Waals surface area contributed by atoms with E-state index in [2.05, 4.69) is 14.9 Å². The fourth-order valence-corrected chi connectivity index (χ4v) is 3.91. The topological polar surface area (TPSA) is 114 Å². The smallest absolute Gasteiger partial charge is 0.343 e. The van der Waals surface area contributed by atoms with Crippen LogP contribution in [-0.2, 0) is 23.6 Å². The third-order valence-electron chi connectivity index (χ3n) is 1.93. The quantitative estimate of drug-likeness (QED) is 0.330. The van der Waals surface area contributed by atoms with Gasteiger partial charge in [0.15, 0.2) is 6.79 Å². The summed E-state index contributed by atoms with van der Waals surface area (Å²) in [5.74, 6) is -3.66. The Morgan fingerprint density at radius 3 is 1.90 bits per heavy atom. The Bertz CT molecular complexity index is 371. The molecule has 0 rings (SSSR count). The molecule has 0 aromatic carbocycles. The van der Waals surface area contributed by atoms with E-state index < -0.39 is 32.0 Å². The normalized spacial score (nSPS) is 13.6. The fraction of sp³-hybridized carbons (Fsp3) is 0.818. The molecule has 0 aliphatic carbocycles.